The summed E-state index contributed by atoms with van der Waals surface area (Å²) in [6.45, 7) is 9.55. The van der Waals surface area contributed by atoms with Gasteiger partial charge >= 0.3 is 0 Å². The van der Waals surface area contributed by atoms with Crippen LogP contribution in [0.25, 0.3) is 55.6 Å². The molecular weight excluding hydrogens is 793 g/mol. The molecule has 9 aromatic rings. The van der Waals surface area contributed by atoms with E-state index in [-0.39, 0.29) is 11.5 Å². The molecule has 0 amide bonds. The normalized spacial score (nSPS) is 23.4. The maximum atomic E-state index is 13.9. The Morgan fingerprint density at radius 2 is 1.18 bits per heavy atom. The molecule has 316 valence electrons. The Kier molecular flexibility index (Phi) is 7.87. The maximum Gasteiger partial charge on any atom is 0.141 e. The van der Waals surface area contributed by atoms with E-state index < -0.39 is 16.6 Å². The third-order valence-electron chi connectivity index (χ3n) is 15.7. The van der Waals surface area contributed by atoms with Gasteiger partial charge in [0.2, 0.25) is 0 Å². The molecule has 0 spiro atoms. The van der Waals surface area contributed by atoms with Crippen LogP contribution in [0.4, 0.5) is 0 Å². The van der Waals surface area contributed by atoms with Crippen molar-refractivity contribution in [3.05, 3.63) is 238 Å². The minimum Gasteiger partial charge on any atom is -0.376 e. The Labute approximate surface area is 379 Å². The third kappa shape index (κ3) is 4.83. The first-order valence-corrected chi connectivity index (χ1v) is 23.2. The predicted molar refractivity (Wildman–Crippen MR) is 266 cm³/mol. The Balaban J connectivity index is 1.28. The van der Waals surface area contributed by atoms with Crippen LogP contribution >= 0.6 is 0 Å². The summed E-state index contributed by atoms with van der Waals surface area (Å²) in [6.07, 6.45) is 15.6. The summed E-state index contributed by atoms with van der Waals surface area (Å²) >= 11 is 0. The average Bonchev–Trinajstić information content (AvgIpc) is 3.95. The molecular formula is C61H50N2O2. The van der Waals surface area contributed by atoms with E-state index in [2.05, 4.69) is 140 Å². The van der Waals surface area contributed by atoms with Crippen molar-refractivity contribution >= 4 is 38.8 Å². The molecule has 0 saturated carbocycles. The van der Waals surface area contributed by atoms with Crippen LogP contribution in [0.1, 0.15) is 102 Å². The van der Waals surface area contributed by atoms with E-state index >= 15 is 0 Å². The maximum absolute atomic E-state index is 13.9. The van der Waals surface area contributed by atoms with Crippen molar-refractivity contribution in [2.24, 2.45) is 0 Å². The zero-order valence-corrected chi connectivity index (χ0v) is 37.2. The van der Waals surface area contributed by atoms with E-state index in [1.165, 1.54) is 55.1 Å². The molecule has 0 aliphatic heterocycles. The molecule has 2 aromatic heterocycles. The van der Waals surface area contributed by atoms with Gasteiger partial charge in [0.05, 0.1) is 22.3 Å². The number of aromatic nitrogens is 2. The fourth-order valence-corrected chi connectivity index (χ4v) is 12.8. The van der Waals surface area contributed by atoms with E-state index in [9.17, 15) is 10.2 Å². The minimum absolute atomic E-state index is 0.273. The molecule has 0 bridgehead atoms. The van der Waals surface area contributed by atoms with Crippen molar-refractivity contribution in [2.45, 2.75) is 68.6 Å². The zero-order valence-electron chi connectivity index (χ0n) is 37.2. The van der Waals surface area contributed by atoms with Gasteiger partial charge in [-0.1, -0.05) is 179 Å². The van der Waals surface area contributed by atoms with E-state index in [1.54, 1.807) is 0 Å². The van der Waals surface area contributed by atoms with Crippen LogP contribution in [0.2, 0.25) is 0 Å². The summed E-state index contributed by atoms with van der Waals surface area (Å²) in [5.41, 5.74) is 12.4. The van der Waals surface area contributed by atoms with Gasteiger partial charge in [0.15, 0.2) is 0 Å². The molecule has 7 aromatic carbocycles. The molecule has 65 heavy (non-hydrogen) atoms. The van der Waals surface area contributed by atoms with Gasteiger partial charge in [-0.15, -0.1) is 0 Å². The minimum atomic E-state index is -1.58. The van der Waals surface area contributed by atoms with Crippen LogP contribution in [0, 0.1) is 0 Å². The molecule has 4 nitrogen and oxygen atoms in total. The fourth-order valence-electron chi connectivity index (χ4n) is 12.8. The average molecular weight is 843 g/mol. The van der Waals surface area contributed by atoms with E-state index in [1.807, 2.05) is 84.9 Å². The van der Waals surface area contributed by atoms with Crippen molar-refractivity contribution in [1.29, 1.82) is 0 Å². The highest BCUT2D eigenvalue weighted by molar-refractivity contribution is 6.27. The number of rotatable bonds is 4. The second kappa shape index (κ2) is 13.3. The van der Waals surface area contributed by atoms with Gasteiger partial charge in [0.1, 0.15) is 11.2 Å². The fraction of sp³-hybridized carbons (Fsp3) is 0.180. The lowest BCUT2D eigenvalue weighted by molar-refractivity contribution is 0.0747. The lowest BCUT2D eigenvalue weighted by atomic mass is 9.62. The number of benzene rings is 7. The molecule has 2 N–H and O–H groups in total. The van der Waals surface area contributed by atoms with E-state index in [0.29, 0.717) is 22.3 Å². The first kappa shape index (κ1) is 38.5. The second-order valence-electron chi connectivity index (χ2n) is 19.7. The van der Waals surface area contributed by atoms with Gasteiger partial charge in [-0.3, -0.25) is 0 Å². The van der Waals surface area contributed by atoms with Crippen LogP contribution < -0.4 is 0 Å². The second-order valence-corrected chi connectivity index (χ2v) is 19.7. The Bertz CT molecular complexity index is 3570. The first-order valence-electron chi connectivity index (χ1n) is 23.2. The highest BCUT2D eigenvalue weighted by Gasteiger charge is 2.53. The van der Waals surface area contributed by atoms with Gasteiger partial charge in [-0.25, -0.2) is 0 Å². The third-order valence-corrected chi connectivity index (χ3v) is 15.7. The van der Waals surface area contributed by atoms with Gasteiger partial charge in [-0.05, 0) is 106 Å². The lowest BCUT2D eigenvalue weighted by Crippen LogP contribution is -2.44. The summed E-state index contributed by atoms with van der Waals surface area (Å²) in [5.74, 6) is 0.273. The highest BCUT2D eigenvalue weighted by Crippen LogP contribution is 2.63. The highest BCUT2D eigenvalue weighted by atomic mass is 16.3. The smallest absolute Gasteiger partial charge is 0.141 e. The number of hydrogen-bond donors (Lipinski definition) is 2. The molecule has 0 saturated heterocycles. The summed E-state index contributed by atoms with van der Waals surface area (Å²) in [4.78, 5) is 0. The van der Waals surface area contributed by atoms with Gasteiger partial charge < -0.3 is 19.3 Å². The Morgan fingerprint density at radius 1 is 0.585 bits per heavy atom. The van der Waals surface area contributed by atoms with Crippen LogP contribution in [0.5, 0.6) is 0 Å². The van der Waals surface area contributed by atoms with Crippen molar-refractivity contribution in [3.8, 4) is 16.8 Å². The quantitative estimate of drug-likeness (QED) is 0.185. The standard InChI is InChI=1S/C61H50N2O2/c1-38-22-21-33-50-51(38)54-55-52(57-53(56(54)62(50)41-27-13-7-14-28-41)42-29-15-18-32-49(42)63(57)59(4)34-19-8-20-35-59)43-36-47-48(37-46(43)58(55,2)3)61(65,40-25-11-6-12-26-40)45-31-17-16-30-44(45)60(47,64)39-23-9-5-10-24-39/h5-21,23-34,36-38,64-65H,22,35H2,1-4H3. The molecule has 13 rings (SSSR count). The summed E-state index contributed by atoms with van der Waals surface area (Å²) in [6, 6.07) is 52.5. The summed E-state index contributed by atoms with van der Waals surface area (Å²) < 4.78 is 5.19. The van der Waals surface area contributed by atoms with Crippen molar-refractivity contribution in [3.63, 3.8) is 0 Å². The number of allylic oxidation sites excluding steroid dienone is 5. The molecule has 4 aliphatic carbocycles. The van der Waals surface area contributed by atoms with Crippen LogP contribution in [0.3, 0.4) is 0 Å². The molecule has 4 heteroatoms. The number of fused-ring (bicyclic) bond motifs is 14. The van der Waals surface area contributed by atoms with E-state index in [0.717, 1.165) is 40.8 Å². The topological polar surface area (TPSA) is 50.3 Å². The number of nitrogens with zero attached hydrogens (tertiary/aromatic N) is 2. The molecule has 2 heterocycles. The molecule has 4 unspecified atom stereocenters. The summed E-state index contributed by atoms with van der Waals surface area (Å²) in [5, 5.41) is 31.5. The SMILES string of the molecule is CC1CC=Cc2c1c1c3c(c4c(c5ccccc5n4C4(C)C=CC=CC4)c1n2-c1ccccc1)-c1cc2c(cc1C3(C)C)C(O)(c1ccccc1)c1ccccc1C2(O)c1ccccc1. The molecule has 4 atom stereocenters. The number of para-hydroxylation sites is 2. The Hall–Kier alpha value is -6.98. The largest absolute Gasteiger partial charge is 0.376 e. The van der Waals surface area contributed by atoms with Gasteiger partial charge in [0, 0.05) is 43.9 Å². The molecule has 4 aliphatic rings. The van der Waals surface area contributed by atoms with Gasteiger partial charge in [-0.2, -0.15) is 0 Å². The van der Waals surface area contributed by atoms with Crippen molar-refractivity contribution in [1.82, 2.24) is 9.13 Å². The monoisotopic (exact) mass is 842 g/mol. The van der Waals surface area contributed by atoms with Crippen LogP contribution in [-0.2, 0) is 22.2 Å². The van der Waals surface area contributed by atoms with E-state index in [4.69, 9.17) is 0 Å². The lowest BCUT2D eigenvalue weighted by Gasteiger charge is -2.45. The van der Waals surface area contributed by atoms with Crippen LogP contribution in [-0.4, -0.2) is 19.3 Å². The zero-order chi connectivity index (χ0) is 44.0. The van der Waals surface area contributed by atoms with Crippen molar-refractivity contribution in [2.75, 3.05) is 0 Å². The molecule has 0 fully saturated rings. The van der Waals surface area contributed by atoms with Crippen molar-refractivity contribution < 1.29 is 10.2 Å². The predicted octanol–water partition coefficient (Wildman–Crippen LogP) is 13.7. The molecule has 0 radical (unpaired) electrons. The first-order chi connectivity index (χ1) is 31.6. The van der Waals surface area contributed by atoms with Crippen LogP contribution in [0.15, 0.2) is 182 Å². The van der Waals surface area contributed by atoms with Gasteiger partial charge in [0.25, 0.3) is 0 Å². The number of aliphatic hydroxyl groups is 2. The Morgan fingerprint density at radius 3 is 1.83 bits per heavy atom. The summed E-state index contributed by atoms with van der Waals surface area (Å²) in [7, 11) is 0. The number of hydrogen-bond acceptors (Lipinski definition) is 2.